The number of hydrogen-bond donors (Lipinski definition) is 2. The third kappa shape index (κ3) is 1.85. The van der Waals surface area contributed by atoms with Gasteiger partial charge in [-0.1, -0.05) is 30.3 Å². The zero-order valence-corrected chi connectivity index (χ0v) is 10.5. The number of anilines is 2. The lowest BCUT2D eigenvalue weighted by Gasteiger charge is -2.04. The van der Waals surface area contributed by atoms with E-state index < -0.39 is 0 Å². The third-order valence-corrected chi connectivity index (χ3v) is 3.17. The van der Waals surface area contributed by atoms with Crippen molar-refractivity contribution in [2.75, 3.05) is 5.32 Å². The Bertz CT molecular complexity index is 864. The Labute approximate surface area is 114 Å². The first-order valence-corrected chi connectivity index (χ1v) is 6.30. The number of benzene rings is 2. The predicted octanol–water partition coefficient (Wildman–Crippen LogP) is 3.25. The van der Waals surface area contributed by atoms with Crippen molar-refractivity contribution in [2.45, 2.75) is 0 Å². The van der Waals surface area contributed by atoms with Crippen LogP contribution in [0.25, 0.3) is 21.9 Å². The molecule has 0 bridgehead atoms. The van der Waals surface area contributed by atoms with Gasteiger partial charge in [-0.05, 0) is 22.9 Å². The van der Waals surface area contributed by atoms with E-state index in [-0.39, 0.29) is 0 Å². The van der Waals surface area contributed by atoms with Crippen molar-refractivity contribution < 1.29 is 0 Å². The minimum Gasteiger partial charge on any atom is -0.326 e. The van der Waals surface area contributed by atoms with Crippen LogP contribution < -0.4 is 5.32 Å². The number of aromatic nitrogens is 4. The molecule has 5 heteroatoms. The summed E-state index contributed by atoms with van der Waals surface area (Å²) in [6, 6.07) is 14.5. The zero-order valence-electron chi connectivity index (χ0n) is 10.5. The summed E-state index contributed by atoms with van der Waals surface area (Å²) in [6.45, 7) is 0. The molecule has 4 rings (SSSR count). The molecule has 20 heavy (non-hydrogen) atoms. The average molecular weight is 261 g/mol. The molecule has 0 saturated carbocycles. The Kier molecular flexibility index (Phi) is 2.35. The summed E-state index contributed by atoms with van der Waals surface area (Å²) in [6.07, 6.45) is 3.20. The van der Waals surface area contributed by atoms with Gasteiger partial charge in [0, 0.05) is 5.69 Å². The van der Waals surface area contributed by atoms with Crippen molar-refractivity contribution in [3.63, 3.8) is 0 Å². The molecule has 2 heterocycles. The molecule has 2 N–H and O–H groups in total. The van der Waals surface area contributed by atoms with Crippen molar-refractivity contribution in [1.82, 2.24) is 19.9 Å². The molecule has 0 saturated heterocycles. The van der Waals surface area contributed by atoms with Crippen LogP contribution in [-0.2, 0) is 0 Å². The molecular formula is C15H11N5. The number of H-pyrrole nitrogens is 1. The lowest BCUT2D eigenvalue weighted by molar-refractivity contribution is 1.20. The maximum atomic E-state index is 4.37. The maximum absolute atomic E-state index is 4.37. The number of hydrogen-bond acceptors (Lipinski definition) is 4. The number of fused-ring (bicyclic) bond motifs is 2. The van der Waals surface area contributed by atoms with Crippen LogP contribution in [-0.4, -0.2) is 19.9 Å². The van der Waals surface area contributed by atoms with Gasteiger partial charge in [0.2, 0.25) is 5.95 Å². The van der Waals surface area contributed by atoms with Crippen LogP contribution in [0.2, 0.25) is 0 Å². The van der Waals surface area contributed by atoms with E-state index >= 15 is 0 Å². The summed E-state index contributed by atoms with van der Waals surface area (Å²) in [5.41, 5.74) is 2.45. The van der Waals surface area contributed by atoms with E-state index in [9.17, 15) is 0 Å². The predicted molar refractivity (Wildman–Crippen MR) is 78.9 cm³/mol. The van der Waals surface area contributed by atoms with Crippen molar-refractivity contribution in [2.24, 2.45) is 0 Å². The summed E-state index contributed by atoms with van der Waals surface area (Å²) in [5, 5.41) is 5.66. The second-order valence-corrected chi connectivity index (χ2v) is 4.53. The van der Waals surface area contributed by atoms with Gasteiger partial charge in [-0.15, -0.1) is 0 Å². The Hall–Kier alpha value is -2.95. The van der Waals surface area contributed by atoms with E-state index in [0.717, 1.165) is 11.2 Å². The van der Waals surface area contributed by atoms with Crippen LogP contribution in [0.5, 0.6) is 0 Å². The summed E-state index contributed by atoms with van der Waals surface area (Å²) >= 11 is 0. The van der Waals surface area contributed by atoms with E-state index in [0.29, 0.717) is 11.6 Å². The van der Waals surface area contributed by atoms with Crippen LogP contribution in [0.1, 0.15) is 0 Å². The van der Waals surface area contributed by atoms with Crippen molar-refractivity contribution >= 4 is 33.6 Å². The third-order valence-electron chi connectivity index (χ3n) is 3.17. The van der Waals surface area contributed by atoms with Crippen LogP contribution in [0.15, 0.2) is 55.0 Å². The Morgan fingerprint density at radius 1 is 1.00 bits per heavy atom. The largest absolute Gasteiger partial charge is 0.326 e. The number of aromatic amines is 1. The highest BCUT2D eigenvalue weighted by Crippen LogP contribution is 2.21. The molecule has 5 nitrogen and oxygen atoms in total. The molecule has 0 atom stereocenters. The van der Waals surface area contributed by atoms with Crippen LogP contribution in [0.4, 0.5) is 11.6 Å². The first-order chi connectivity index (χ1) is 9.88. The molecule has 0 spiro atoms. The lowest BCUT2D eigenvalue weighted by Crippen LogP contribution is -1.91. The monoisotopic (exact) mass is 261 g/mol. The summed E-state index contributed by atoms with van der Waals surface area (Å²) < 4.78 is 0. The van der Waals surface area contributed by atoms with Gasteiger partial charge in [-0.3, -0.25) is 0 Å². The normalized spacial score (nSPS) is 11.0. The number of nitrogens with one attached hydrogen (secondary N) is 2. The van der Waals surface area contributed by atoms with Gasteiger partial charge < -0.3 is 10.3 Å². The summed E-state index contributed by atoms with van der Waals surface area (Å²) in [5.74, 6) is 0.663. The van der Waals surface area contributed by atoms with Gasteiger partial charge in [-0.2, -0.15) is 4.98 Å². The van der Waals surface area contributed by atoms with E-state index in [4.69, 9.17) is 0 Å². The van der Waals surface area contributed by atoms with Gasteiger partial charge in [-0.25, -0.2) is 9.97 Å². The van der Waals surface area contributed by atoms with E-state index in [1.807, 2.05) is 18.2 Å². The Morgan fingerprint density at radius 2 is 1.90 bits per heavy atom. The first kappa shape index (κ1) is 10.9. The topological polar surface area (TPSA) is 66.5 Å². The molecule has 0 aliphatic carbocycles. The first-order valence-electron chi connectivity index (χ1n) is 6.30. The molecule has 0 aliphatic rings. The molecule has 4 aromatic rings. The standard InChI is InChI=1S/C15H11N5/c1-2-4-11-7-12(6-5-10(11)3-1)18-15-19-13-8-16-9-17-14(13)20-15/h1-9H,(H2,16,17,18,19,20). The summed E-state index contributed by atoms with van der Waals surface area (Å²) in [4.78, 5) is 15.6. The van der Waals surface area contributed by atoms with Gasteiger partial charge in [0.05, 0.1) is 6.20 Å². The van der Waals surface area contributed by atoms with Gasteiger partial charge in [0.25, 0.3) is 0 Å². The molecule has 2 aromatic heterocycles. The second kappa shape index (κ2) is 4.31. The summed E-state index contributed by atoms with van der Waals surface area (Å²) in [7, 11) is 0. The van der Waals surface area contributed by atoms with Crippen LogP contribution in [0.3, 0.4) is 0 Å². The van der Waals surface area contributed by atoms with Crippen molar-refractivity contribution in [3.05, 3.63) is 55.0 Å². The molecule has 0 unspecified atom stereocenters. The molecule has 0 fully saturated rings. The Balaban J connectivity index is 1.72. The van der Waals surface area contributed by atoms with Gasteiger partial charge in [0.15, 0.2) is 5.65 Å². The van der Waals surface area contributed by atoms with Gasteiger partial charge >= 0.3 is 0 Å². The minimum atomic E-state index is 0.656. The van der Waals surface area contributed by atoms with Gasteiger partial charge in [0.1, 0.15) is 11.8 Å². The number of rotatable bonds is 2. The lowest BCUT2D eigenvalue weighted by atomic mass is 10.1. The maximum Gasteiger partial charge on any atom is 0.207 e. The van der Waals surface area contributed by atoms with E-state index in [2.05, 4.69) is 49.5 Å². The van der Waals surface area contributed by atoms with E-state index in [1.165, 1.54) is 17.1 Å². The molecule has 96 valence electrons. The fourth-order valence-corrected chi connectivity index (χ4v) is 2.22. The quantitative estimate of drug-likeness (QED) is 0.581. The highest BCUT2D eigenvalue weighted by Gasteiger charge is 2.04. The second-order valence-electron chi connectivity index (χ2n) is 4.53. The fraction of sp³-hybridized carbons (Fsp3) is 0. The van der Waals surface area contributed by atoms with Crippen molar-refractivity contribution in [3.8, 4) is 0 Å². The molecule has 0 radical (unpaired) electrons. The molecule has 0 aliphatic heterocycles. The Morgan fingerprint density at radius 3 is 2.80 bits per heavy atom. The number of imidazole rings is 1. The van der Waals surface area contributed by atoms with Crippen molar-refractivity contribution in [1.29, 1.82) is 0 Å². The fourth-order valence-electron chi connectivity index (χ4n) is 2.22. The highest BCUT2D eigenvalue weighted by atomic mass is 15.1. The van der Waals surface area contributed by atoms with Crippen LogP contribution in [0, 0.1) is 0 Å². The van der Waals surface area contributed by atoms with Crippen LogP contribution >= 0.6 is 0 Å². The highest BCUT2D eigenvalue weighted by molar-refractivity contribution is 5.86. The smallest absolute Gasteiger partial charge is 0.207 e. The molecule has 2 aromatic carbocycles. The molecule has 0 amide bonds. The zero-order chi connectivity index (χ0) is 13.4. The van der Waals surface area contributed by atoms with E-state index in [1.54, 1.807) is 6.20 Å². The molecular weight excluding hydrogens is 250 g/mol. The SMILES string of the molecule is c1ccc2cc(Nc3nc4ncncc4[nH]3)ccc2c1. The number of nitrogens with zero attached hydrogens (tertiary/aromatic N) is 3. The average Bonchev–Trinajstić information content (AvgIpc) is 2.89. The minimum absolute atomic E-state index is 0.656.